The highest BCUT2D eigenvalue weighted by Crippen LogP contribution is 2.21. The molecule has 0 saturated carbocycles. The van der Waals surface area contributed by atoms with Crippen LogP contribution in [0.5, 0.6) is 5.75 Å². The molecular weight excluding hydrogens is 298 g/mol. The van der Waals surface area contributed by atoms with E-state index >= 15 is 0 Å². The van der Waals surface area contributed by atoms with Crippen molar-refractivity contribution in [2.75, 3.05) is 7.11 Å². The average Bonchev–Trinajstić information content (AvgIpc) is 2.63. The van der Waals surface area contributed by atoms with Gasteiger partial charge in [0.15, 0.2) is 0 Å². The third-order valence-electron chi connectivity index (χ3n) is 3.77. The van der Waals surface area contributed by atoms with Gasteiger partial charge in [0.25, 0.3) is 0 Å². The van der Waals surface area contributed by atoms with Crippen LogP contribution in [-0.2, 0) is 0 Å². The maximum Gasteiger partial charge on any atom is 0.118 e. The first kappa shape index (κ1) is 15.7. The molecule has 2 aromatic carbocycles. The van der Waals surface area contributed by atoms with Crippen LogP contribution < -0.4 is 10.5 Å². The van der Waals surface area contributed by atoms with Crippen LogP contribution in [0.2, 0.25) is 0 Å². The maximum atomic E-state index is 6.21. The standard InChI is InChI=1S/C20H19N3O/c1-14-12-19(16-6-4-3-5-7-16)22-23-20(14)18(21)13-15-8-10-17(24-2)11-9-15/h3-13H,21H2,1-2H3/b18-13-. The van der Waals surface area contributed by atoms with E-state index in [1.165, 1.54) is 0 Å². The van der Waals surface area contributed by atoms with Crippen LogP contribution in [0.1, 0.15) is 16.8 Å². The Balaban J connectivity index is 1.89. The summed E-state index contributed by atoms with van der Waals surface area (Å²) in [6.45, 7) is 1.99. The topological polar surface area (TPSA) is 61.0 Å². The first-order valence-electron chi connectivity index (χ1n) is 7.69. The molecule has 0 amide bonds. The summed E-state index contributed by atoms with van der Waals surface area (Å²) in [5.74, 6) is 0.814. The minimum Gasteiger partial charge on any atom is -0.497 e. The lowest BCUT2D eigenvalue weighted by molar-refractivity contribution is 0.415. The molecule has 3 aromatic rings. The highest BCUT2D eigenvalue weighted by Gasteiger charge is 2.08. The number of nitrogens with two attached hydrogens (primary N) is 1. The van der Waals surface area contributed by atoms with E-state index in [0.717, 1.165) is 28.1 Å². The van der Waals surface area contributed by atoms with Gasteiger partial charge < -0.3 is 10.5 Å². The van der Waals surface area contributed by atoms with Crippen LogP contribution in [0, 0.1) is 6.92 Å². The van der Waals surface area contributed by atoms with Crippen molar-refractivity contribution < 1.29 is 4.74 Å². The Kier molecular flexibility index (Phi) is 4.57. The first-order chi connectivity index (χ1) is 11.7. The van der Waals surface area contributed by atoms with E-state index in [0.29, 0.717) is 11.4 Å². The number of rotatable bonds is 4. The Morgan fingerprint density at radius 1 is 1.00 bits per heavy atom. The minimum absolute atomic E-state index is 0.588. The average molecular weight is 317 g/mol. The van der Waals surface area contributed by atoms with Crippen molar-refractivity contribution in [1.29, 1.82) is 0 Å². The molecule has 0 fully saturated rings. The van der Waals surface area contributed by atoms with Crippen molar-refractivity contribution in [2.24, 2.45) is 5.73 Å². The van der Waals surface area contributed by atoms with Crippen molar-refractivity contribution in [3.63, 3.8) is 0 Å². The molecular formula is C20H19N3O. The number of methoxy groups -OCH3 is 1. The summed E-state index contributed by atoms with van der Waals surface area (Å²) in [7, 11) is 1.65. The zero-order chi connectivity index (χ0) is 16.9. The van der Waals surface area contributed by atoms with Gasteiger partial charge in [-0.15, -0.1) is 10.2 Å². The Hall–Kier alpha value is -3.14. The van der Waals surface area contributed by atoms with E-state index in [4.69, 9.17) is 10.5 Å². The summed E-state index contributed by atoms with van der Waals surface area (Å²) in [6.07, 6.45) is 1.89. The number of aryl methyl sites for hydroxylation is 1. The van der Waals surface area contributed by atoms with Gasteiger partial charge in [-0.25, -0.2) is 0 Å². The molecule has 3 rings (SSSR count). The summed E-state index contributed by atoms with van der Waals surface area (Å²) in [5.41, 5.74) is 11.4. The van der Waals surface area contributed by atoms with E-state index in [1.54, 1.807) is 7.11 Å². The van der Waals surface area contributed by atoms with Gasteiger partial charge in [-0.2, -0.15) is 0 Å². The zero-order valence-corrected chi connectivity index (χ0v) is 13.7. The molecule has 0 saturated heterocycles. The van der Waals surface area contributed by atoms with E-state index in [2.05, 4.69) is 10.2 Å². The molecule has 24 heavy (non-hydrogen) atoms. The highest BCUT2D eigenvalue weighted by molar-refractivity contribution is 5.79. The Morgan fingerprint density at radius 3 is 2.33 bits per heavy atom. The summed E-state index contributed by atoms with van der Waals surface area (Å²) >= 11 is 0. The van der Waals surface area contributed by atoms with Crippen molar-refractivity contribution >= 4 is 11.8 Å². The van der Waals surface area contributed by atoms with E-state index in [1.807, 2.05) is 73.7 Å². The van der Waals surface area contributed by atoms with Gasteiger partial charge in [-0.3, -0.25) is 0 Å². The van der Waals surface area contributed by atoms with Gasteiger partial charge in [-0.05, 0) is 42.3 Å². The second-order valence-corrected chi connectivity index (χ2v) is 5.50. The molecule has 0 aliphatic rings. The quantitative estimate of drug-likeness (QED) is 0.792. The summed E-state index contributed by atoms with van der Waals surface area (Å²) in [4.78, 5) is 0. The number of hydrogen-bond acceptors (Lipinski definition) is 4. The SMILES string of the molecule is COc1ccc(/C=C(\N)c2nnc(-c3ccccc3)cc2C)cc1. The molecule has 0 aliphatic carbocycles. The van der Waals surface area contributed by atoms with Gasteiger partial charge >= 0.3 is 0 Å². The molecule has 4 heteroatoms. The monoisotopic (exact) mass is 317 g/mol. The Bertz CT molecular complexity index is 856. The van der Waals surface area contributed by atoms with Gasteiger partial charge in [0.2, 0.25) is 0 Å². The molecule has 4 nitrogen and oxygen atoms in total. The van der Waals surface area contributed by atoms with Crippen LogP contribution in [0.25, 0.3) is 23.0 Å². The molecule has 1 aromatic heterocycles. The van der Waals surface area contributed by atoms with E-state index in [-0.39, 0.29) is 0 Å². The fraction of sp³-hybridized carbons (Fsp3) is 0.100. The van der Waals surface area contributed by atoms with Crippen molar-refractivity contribution in [3.05, 3.63) is 77.5 Å². The molecule has 0 aliphatic heterocycles. The minimum atomic E-state index is 0.588. The van der Waals surface area contributed by atoms with Crippen LogP contribution >= 0.6 is 0 Å². The molecule has 2 N–H and O–H groups in total. The largest absolute Gasteiger partial charge is 0.497 e. The van der Waals surface area contributed by atoms with Crippen molar-refractivity contribution in [1.82, 2.24) is 10.2 Å². The predicted octanol–water partition coefficient (Wildman–Crippen LogP) is 3.92. The number of aromatic nitrogens is 2. The fourth-order valence-electron chi connectivity index (χ4n) is 2.47. The lowest BCUT2D eigenvalue weighted by Gasteiger charge is -2.07. The first-order valence-corrected chi connectivity index (χ1v) is 7.69. The molecule has 0 atom stereocenters. The van der Waals surface area contributed by atoms with Crippen molar-refractivity contribution in [3.8, 4) is 17.0 Å². The smallest absolute Gasteiger partial charge is 0.118 e. The second kappa shape index (κ2) is 6.96. The van der Waals surface area contributed by atoms with E-state index in [9.17, 15) is 0 Å². The van der Waals surface area contributed by atoms with Gasteiger partial charge in [0.05, 0.1) is 18.5 Å². The third kappa shape index (κ3) is 3.43. The summed E-state index contributed by atoms with van der Waals surface area (Å²) in [5, 5.41) is 8.63. The maximum absolute atomic E-state index is 6.21. The zero-order valence-electron chi connectivity index (χ0n) is 13.7. The van der Waals surface area contributed by atoms with Crippen molar-refractivity contribution in [2.45, 2.75) is 6.92 Å². The lowest BCUT2D eigenvalue weighted by Crippen LogP contribution is -2.04. The number of hydrogen-bond donors (Lipinski definition) is 1. The molecule has 120 valence electrons. The molecule has 0 unspecified atom stereocenters. The predicted molar refractivity (Wildman–Crippen MR) is 97.3 cm³/mol. The van der Waals surface area contributed by atoms with Gasteiger partial charge in [0.1, 0.15) is 11.4 Å². The molecule has 0 radical (unpaired) electrons. The summed E-state index contributed by atoms with van der Waals surface area (Å²) < 4.78 is 5.16. The van der Waals surface area contributed by atoms with Crippen LogP contribution in [0.4, 0.5) is 0 Å². The number of nitrogens with zero attached hydrogens (tertiary/aromatic N) is 2. The number of ether oxygens (including phenoxy) is 1. The number of benzene rings is 2. The van der Waals surface area contributed by atoms with Crippen LogP contribution in [0.3, 0.4) is 0 Å². The lowest BCUT2D eigenvalue weighted by atomic mass is 10.1. The van der Waals surface area contributed by atoms with Crippen LogP contribution in [0.15, 0.2) is 60.7 Å². The fourth-order valence-corrected chi connectivity index (χ4v) is 2.47. The Morgan fingerprint density at radius 2 is 1.71 bits per heavy atom. The van der Waals surface area contributed by atoms with Gasteiger partial charge in [0, 0.05) is 5.56 Å². The molecule has 0 spiro atoms. The van der Waals surface area contributed by atoms with Gasteiger partial charge in [-0.1, -0.05) is 42.5 Å². The molecule has 1 heterocycles. The Labute approximate surface area is 141 Å². The highest BCUT2D eigenvalue weighted by atomic mass is 16.5. The summed E-state index contributed by atoms with van der Waals surface area (Å²) in [6, 6.07) is 19.7. The second-order valence-electron chi connectivity index (χ2n) is 5.50. The van der Waals surface area contributed by atoms with E-state index < -0.39 is 0 Å². The normalized spacial score (nSPS) is 11.3. The third-order valence-corrected chi connectivity index (χ3v) is 3.77. The molecule has 0 bridgehead atoms. The van der Waals surface area contributed by atoms with Crippen LogP contribution in [-0.4, -0.2) is 17.3 Å².